The molecule has 0 aliphatic carbocycles. The molecule has 1 N–H and O–H groups in total. The molecule has 63 heavy (non-hydrogen) atoms. The molecule has 11 heteroatoms. The van der Waals surface area contributed by atoms with E-state index in [1.54, 1.807) is 0 Å². The van der Waals surface area contributed by atoms with Gasteiger partial charge in [0, 0.05) is 12.8 Å². The number of nitrogens with zero attached hydrogens (tertiary/aromatic N) is 1. The lowest BCUT2D eigenvalue weighted by atomic mass is 10.0. The number of quaternary nitrogens is 1. The second kappa shape index (κ2) is 40.2. The maximum absolute atomic E-state index is 12.8. The summed E-state index contributed by atoms with van der Waals surface area (Å²) in [5, 5.41) is 0. The molecular formula is C52H95NO9P+. The molecule has 0 aromatic rings. The van der Waals surface area contributed by atoms with Crippen LogP contribution in [0.25, 0.3) is 0 Å². The minimum atomic E-state index is -4.40. The summed E-state index contributed by atoms with van der Waals surface area (Å²) in [5.74, 6) is -0.866. The second-order valence-electron chi connectivity index (χ2n) is 18.6. The van der Waals surface area contributed by atoms with Gasteiger partial charge in [-0.05, 0) is 70.6 Å². The fraction of sp³-hybridized carbons (Fsp3) is 0.808. The van der Waals surface area contributed by atoms with Gasteiger partial charge < -0.3 is 23.6 Å². The van der Waals surface area contributed by atoms with E-state index in [1.807, 2.05) is 21.1 Å². The first-order valence-corrected chi connectivity index (χ1v) is 27.0. The molecule has 0 aromatic carbocycles. The number of hydrogen-bond acceptors (Lipinski definition) is 8. The molecule has 1 aliphatic rings. The number of esters is 2. The van der Waals surface area contributed by atoms with Crippen molar-refractivity contribution >= 4 is 19.8 Å². The summed E-state index contributed by atoms with van der Waals surface area (Å²) in [6, 6.07) is 0. The molecular weight excluding hydrogens is 814 g/mol. The van der Waals surface area contributed by atoms with Gasteiger partial charge in [0.15, 0.2) is 6.10 Å². The van der Waals surface area contributed by atoms with Crippen molar-refractivity contribution in [1.29, 1.82) is 0 Å². The average molecular weight is 909 g/mol. The van der Waals surface area contributed by atoms with Crippen molar-refractivity contribution in [2.45, 2.75) is 225 Å². The third-order valence-electron chi connectivity index (χ3n) is 11.3. The quantitative estimate of drug-likeness (QED) is 0.0159. The Kier molecular flexibility index (Phi) is 37.6. The summed E-state index contributed by atoms with van der Waals surface area (Å²) in [6.45, 7) is 4.33. The Labute approximate surface area is 386 Å². The summed E-state index contributed by atoms with van der Waals surface area (Å²) in [5.41, 5.74) is 0. The van der Waals surface area contributed by atoms with Crippen molar-refractivity contribution < 1.29 is 46.8 Å². The normalized spacial score (nSPS) is 17.0. The van der Waals surface area contributed by atoms with Crippen LogP contribution in [0.3, 0.4) is 0 Å². The van der Waals surface area contributed by atoms with E-state index in [2.05, 4.69) is 62.5 Å². The van der Waals surface area contributed by atoms with E-state index in [0.717, 1.165) is 44.9 Å². The van der Waals surface area contributed by atoms with E-state index in [1.165, 1.54) is 122 Å². The Morgan fingerprint density at radius 1 is 0.587 bits per heavy atom. The number of phosphoric ester groups is 1. The Balaban J connectivity index is 2.24. The van der Waals surface area contributed by atoms with Gasteiger partial charge in [-0.15, -0.1) is 0 Å². The van der Waals surface area contributed by atoms with Gasteiger partial charge in [-0.25, -0.2) is 4.57 Å². The molecule has 0 aromatic heterocycles. The van der Waals surface area contributed by atoms with Gasteiger partial charge in [0.1, 0.15) is 19.8 Å². The first-order chi connectivity index (χ1) is 30.5. The maximum atomic E-state index is 12.8. The fourth-order valence-electron chi connectivity index (χ4n) is 7.15. The minimum absolute atomic E-state index is 0.0203. The highest BCUT2D eigenvalue weighted by atomic mass is 31.2. The highest BCUT2D eigenvalue weighted by molar-refractivity contribution is 7.47. The number of ether oxygens (including phenoxy) is 3. The first-order valence-electron chi connectivity index (χ1n) is 25.5. The molecule has 1 fully saturated rings. The topological polar surface area (TPSA) is 121 Å². The van der Waals surface area contributed by atoms with Crippen LogP contribution in [0.15, 0.2) is 48.6 Å². The number of carbonyl (C=O) groups is 2. The summed E-state index contributed by atoms with van der Waals surface area (Å²) in [7, 11) is 1.44. The lowest BCUT2D eigenvalue weighted by Gasteiger charge is -2.24. The van der Waals surface area contributed by atoms with Crippen LogP contribution in [0.4, 0.5) is 0 Å². The average Bonchev–Trinajstić information content (AvgIpc) is 3.99. The summed E-state index contributed by atoms with van der Waals surface area (Å²) >= 11 is 0. The van der Waals surface area contributed by atoms with Crippen molar-refractivity contribution in [3.63, 3.8) is 0 Å². The number of likely N-dealkylation sites (N-methyl/N-ethyl adjacent to an activating group) is 1. The molecule has 1 saturated heterocycles. The molecule has 3 unspecified atom stereocenters. The largest absolute Gasteiger partial charge is 0.472 e. The Hall–Kier alpha value is -2.07. The molecule has 0 radical (unpaired) electrons. The third-order valence-corrected chi connectivity index (χ3v) is 12.2. The van der Waals surface area contributed by atoms with E-state index >= 15 is 0 Å². The predicted octanol–water partition coefficient (Wildman–Crippen LogP) is 14.0. The molecule has 10 nitrogen and oxygen atoms in total. The molecule has 4 atom stereocenters. The number of hydrogen-bond donors (Lipinski definition) is 1. The number of rotatable bonds is 45. The summed E-state index contributed by atoms with van der Waals surface area (Å²) in [4.78, 5) is 35.5. The van der Waals surface area contributed by atoms with Crippen molar-refractivity contribution in [3.05, 3.63) is 48.6 Å². The standard InChI is InChI=1S/C52H94NO9P/c1-6-8-10-11-12-13-14-15-16-17-18-19-20-21-22-23-24-29-32-35-39-43-52(55)61-48(47-60-63(56,57)59-45-44-53(3,4)5)46-58-51(54)42-38-34-31-28-26-25-27-30-33-37-41-50-49(62-50)40-36-9-7-2/h15-16,25,27-28,31,33,37,48-50H,6-14,17-24,26,29-30,32,34-36,38-47H2,1-5H3/p+1/b16-15-,27-25-,31-28-,37-33-/t48-,49?,50?/m1/s1. The number of epoxide rings is 1. The van der Waals surface area contributed by atoms with Crippen molar-refractivity contribution in [1.82, 2.24) is 0 Å². The van der Waals surface area contributed by atoms with E-state index in [4.69, 9.17) is 23.3 Å². The molecule has 0 bridgehead atoms. The van der Waals surface area contributed by atoms with Crippen LogP contribution in [-0.2, 0) is 37.4 Å². The smallest absolute Gasteiger partial charge is 0.462 e. The zero-order valence-electron chi connectivity index (χ0n) is 41.0. The number of phosphoric acid groups is 1. The van der Waals surface area contributed by atoms with Gasteiger partial charge in [-0.1, -0.05) is 172 Å². The molecule has 0 spiro atoms. The second-order valence-corrected chi connectivity index (χ2v) is 20.0. The van der Waals surface area contributed by atoms with Gasteiger partial charge in [0.2, 0.25) is 0 Å². The van der Waals surface area contributed by atoms with Crippen molar-refractivity contribution in [2.24, 2.45) is 0 Å². The molecule has 0 saturated carbocycles. The van der Waals surface area contributed by atoms with E-state index in [0.29, 0.717) is 36.1 Å². The van der Waals surface area contributed by atoms with Crippen LogP contribution in [0.2, 0.25) is 0 Å². The zero-order valence-corrected chi connectivity index (χ0v) is 41.9. The van der Waals surface area contributed by atoms with Crippen molar-refractivity contribution in [3.8, 4) is 0 Å². The fourth-order valence-corrected chi connectivity index (χ4v) is 7.90. The van der Waals surface area contributed by atoms with Crippen molar-refractivity contribution in [2.75, 3.05) is 47.5 Å². The zero-order chi connectivity index (χ0) is 46.1. The monoisotopic (exact) mass is 909 g/mol. The van der Waals surface area contributed by atoms with Crippen LogP contribution in [0.1, 0.15) is 206 Å². The van der Waals surface area contributed by atoms with Gasteiger partial charge in [-0.3, -0.25) is 18.6 Å². The minimum Gasteiger partial charge on any atom is -0.462 e. The summed E-state index contributed by atoms with van der Waals surface area (Å²) < 4.78 is 40.1. The van der Waals surface area contributed by atoms with E-state index < -0.39 is 32.5 Å². The Morgan fingerprint density at radius 3 is 1.68 bits per heavy atom. The van der Waals surface area contributed by atoms with E-state index in [9.17, 15) is 19.0 Å². The number of allylic oxidation sites excluding steroid dienone is 7. The van der Waals surface area contributed by atoms with Gasteiger partial charge in [0.05, 0.1) is 40.0 Å². The SMILES string of the molecule is CCCCCCCC/C=C\CCCCCCCCCCCCCC(=O)O[C@H](COC(=O)CCC/C=C\C/C=C\C/C=C\CC1OC1CCCCC)COP(=O)(O)OCC[N+](C)(C)C. The predicted molar refractivity (Wildman–Crippen MR) is 261 cm³/mol. The molecule has 1 heterocycles. The van der Waals surface area contributed by atoms with Crippen LogP contribution in [0.5, 0.6) is 0 Å². The van der Waals surface area contributed by atoms with Crippen LogP contribution in [-0.4, -0.2) is 87.1 Å². The molecule has 0 amide bonds. The number of unbranched alkanes of at least 4 members (excludes halogenated alkanes) is 20. The Bertz CT molecular complexity index is 1280. The Morgan fingerprint density at radius 2 is 1.08 bits per heavy atom. The van der Waals surface area contributed by atoms with Gasteiger partial charge >= 0.3 is 19.8 Å². The van der Waals surface area contributed by atoms with Gasteiger partial charge in [-0.2, -0.15) is 0 Å². The van der Waals surface area contributed by atoms with E-state index in [-0.39, 0.29) is 26.1 Å². The molecule has 366 valence electrons. The maximum Gasteiger partial charge on any atom is 0.472 e. The number of carbonyl (C=O) groups excluding carboxylic acids is 2. The van der Waals surface area contributed by atoms with Crippen LogP contribution in [0, 0.1) is 0 Å². The van der Waals surface area contributed by atoms with Gasteiger partial charge in [0.25, 0.3) is 0 Å². The highest BCUT2D eigenvalue weighted by Crippen LogP contribution is 2.43. The highest BCUT2D eigenvalue weighted by Gasteiger charge is 2.36. The van der Waals surface area contributed by atoms with Crippen LogP contribution >= 0.6 is 7.82 Å². The summed E-state index contributed by atoms with van der Waals surface area (Å²) in [6.07, 6.45) is 50.6. The molecule has 1 rings (SSSR count). The van der Waals surface area contributed by atoms with Crippen LogP contribution < -0.4 is 0 Å². The molecule has 1 aliphatic heterocycles. The lowest BCUT2D eigenvalue weighted by molar-refractivity contribution is -0.870. The third kappa shape index (κ3) is 41.1. The first kappa shape index (κ1) is 58.9. The lowest BCUT2D eigenvalue weighted by Crippen LogP contribution is -2.37.